The monoisotopic (exact) mass is 302 g/mol. The summed E-state index contributed by atoms with van der Waals surface area (Å²) in [6, 6.07) is 7.96. The van der Waals surface area contributed by atoms with Crippen LogP contribution in [0.3, 0.4) is 0 Å². The number of hydrogen-bond donors (Lipinski definition) is 0. The van der Waals surface area contributed by atoms with Crippen LogP contribution in [0, 0.1) is 0 Å². The fourth-order valence-electron chi connectivity index (χ4n) is 3.61. The van der Waals surface area contributed by atoms with Crippen LogP contribution >= 0.6 is 0 Å². The molecule has 1 amide bonds. The third-order valence-corrected chi connectivity index (χ3v) is 4.70. The molecule has 4 nitrogen and oxygen atoms in total. The molecule has 120 valence electrons. The molecule has 2 aliphatic rings. The van der Waals surface area contributed by atoms with Gasteiger partial charge in [0.15, 0.2) is 0 Å². The van der Waals surface area contributed by atoms with E-state index in [1.165, 1.54) is 25.9 Å². The van der Waals surface area contributed by atoms with E-state index in [9.17, 15) is 4.79 Å². The van der Waals surface area contributed by atoms with Crippen LogP contribution in [0.2, 0.25) is 0 Å². The van der Waals surface area contributed by atoms with Crippen molar-refractivity contribution in [3.63, 3.8) is 0 Å². The zero-order valence-corrected chi connectivity index (χ0v) is 13.5. The number of benzene rings is 1. The van der Waals surface area contributed by atoms with Gasteiger partial charge in [0.2, 0.25) is 0 Å². The maximum atomic E-state index is 12.8. The molecule has 0 radical (unpaired) electrons. The van der Waals surface area contributed by atoms with Gasteiger partial charge in [-0.05, 0) is 63.9 Å². The molecular weight excluding hydrogens is 276 g/mol. The van der Waals surface area contributed by atoms with E-state index < -0.39 is 0 Å². The lowest BCUT2D eigenvalue weighted by atomic mass is 10.1. The number of rotatable bonds is 5. The summed E-state index contributed by atoms with van der Waals surface area (Å²) in [6.07, 6.45) is 4.86. The summed E-state index contributed by atoms with van der Waals surface area (Å²) >= 11 is 0. The first-order chi connectivity index (χ1) is 10.8. The summed E-state index contributed by atoms with van der Waals surface area (Å²) in [5.74, 6) is 0.937. The van der Waals surface area contributed by atoms with Gasteiger partial charge in [0.05, 0.1) is 6.61 Å². The van der Waals surface area contributed by atoms with Gasteiger partial charge in [0.25, 0.3) is 5.91 Å². The van der Waals surface area contributed by atoms with Crippen LogP contribution in [-0.4, -0.2) is 54.5 Å². The smallest absolute Gasteiger partial charge is 0.254 e. The zero-order chi connectivity index (χ0) is 15.4. The fourth-order valence-corrected chi connectivity index (χ4v) is 3.61. The highest BCUT2D eigenvalue weighted by molar-refractivity contribution is 5.95. The largest absolute Gasteiger partial charge is 0.494 e. The maximum Gasteiger partial charge on any atom is 0.254 e. The molecule has 3 rings (SSSR count). The van der Waals surface area contributed by atoms with Crippen molar-refractivity contribution in [3.05, 3.63) is 29.8 Å². The first-order valence-electron chi connectivity index (χ1n) is 8.54. The van der Waals surface area contributed by atoms with Crippen LogP contribution in [0.4, 0.5) is 0 Å². The lowest BCUT2D eigenvalue weighted by Gasteiger charge is -2.28. The molecule has 0 spiro atoms. The van der Waals surface area contributed by atoms with Gasteiger partial charge in [-0.2, -0.15) is 0 Å². The average Bonchev–Trinajstić information content (AvgIpc) is 3.19. The van der Waals surface area contributed by atoms with Crippen molar-refractivity contribution in [2.75, 3.05) is 32.8 Å². The van der Waals surface area contributed by atoms with Crippen LogP contribution in [0.5, 0.6) is 5.75 Å². The van der Waals surface area contributed by atoms with Crippen molar-refractivity contribution in [2.45, 2.75) is 38.6 Å². The van der Waals surface area contributed by atoms with Crippen LogP contribution in [-0.2, 0) is 0 Å². The lowest BCUT2D eigenvalue weighted by Crippen LogP contribution is -2.42. The van der Waals surface area contributed by atoms with Gasteiger partial charge in [-0.15, -0.1) is 0 Å². The quantitative estimate of drug-likeness (QED) is 0.838. The van der Waals surface area contributed by atoms with E-state index in [1.54, 1.807) is 0 Å². The number of nitrogens with zero attached hydrogens (tertiary/aromatic N) is 2. The van der Waals surface area contributed by atoms with Crippen LogP contribution in [0.15, 0.2) is 24.3 Å². The molecule has 1 aromatic carbocycles. The van der Waals surface area contributed by atoms with Crippen LogP contribution in [0.25, 0.3) is 0 Å². The topological polar surface area (TPSA) is 32.8 Å². The molecule has 2 saturated heterocycles. The van der Waals surface area contributed by atoms with Gasteiger partial charge in [-0.3, -0.25) is 4.79 Å². The zero-order valence-electron chi connectivity index (χ0n) is 13.5. The molecule has 1 unspecified atom stereocenters. The van der Waals surface area contributed by atoms with Gasteiger partial charge in [0.1, 0.15) is 5.75 Å². The fraction of sp³-hybridized carbons (Fsp3) is 0.611. The van der Waals surface area contributed by atoms with Crippen LogP contribution in [0.1, 0.15) is 43.0 Å². The Morgan fingerprint density at radius 2 is 2.05 bits per heavy atom. The van der Waals surface area contributed by atoms with Crippen molar-refractivity contribution < 1.29 is 9.53 Å². The normalized spacial score (nSPS) is 22.2. The Morgan fingerprint density at radius 3 is 2.82 bits per heavy atom. The molecule has 2 heterocycles. The first-order valence-corrected chi connectivity index (χ1v) is 8.54. The minimum atomic E-state index is 0.156. The molecule has 1 aromatic rings. The summed E-state index contributed by atoms with van der Waals surface area (Å²) < 4.78 is 5.51. The van der Waals surface area contributed by atoms with E-state index in [2.05, 4.69) is 9.80 Å². The van der Waals surface area contributed by atoms with E-state index in [0.29, 0.717) is 12.6 Å². The number of likely N-dealkylation sites (tertiary alicyclic amines) is 2. The predicted molar refractivity (Wildman–Crippen MR) is 87.3 cm³/mol. The first kappa shape index (κ1) is 15.3. The standard InChI is InChI=1S/C18H26N2O2/c1-2-22-17-9-5-7-15(13-17)18(21)20-12-6-8-16(20)14-19-10-3-4-11-19/h5,7,9,13,16H,2-4,6,8,10-12,14H2,1H3. The van der Waals surface area contributed by atoms with Crippen molar-refractivity contribution in [3.8, 4) is 5.75 Å². The number of carbonyl (C=O) groups excluding carboxylic acids is 1. The third-order valence-electron chi connectivity index (χ3n) is 4.70. The van der Waals surface area contributed by atoms with E-state index in [-0.39, 0.29) is 5.91 Å². The van der Waals surface area contributed by atoms with Gasteiger partial charge in [-0.25, -0.2) is 0 Å². The second-order valence-electron chi connectivity index (χ2n) is 6.26. The Hall–Kier alpha value is -1.55. The molecule has 22 heavy (non-hydrogen) atoms. The molecule has 0 saturated carbocycles. The predicted octanol–water partition coefficient (Wildman–Crippen LogP) is 2.79. The molecule has 0 aliphatic carbocycles. The second-order valence-corrected chi connectivity index (χ2v) is 6.26. The van der Waals surface area contributed by atoms with Gasteiger partial charge < -0.3 is 14.5 Å². The highest BCUT2D eigenvalue weighted by Crippen LogP contribution is 2.24. The Bertz CT molecular complexity index is 512. The summed E-state index contributed by atoms with van der Waals surface area (Å²) in [7, 11) is 0. The third kappa shape index (κ3) is 3.43. The van der Waals surface area contributed by atoms with Crippen molar-refractivity contribution >= 4 is 5.91 Å². The SMILES string of the molecule is CCOc1cccc(C(=O)N2CCCC2CN2CCCC2)c1. The van der Waals surface area contributed by atoms with E-state index in [1.807, 2.05) is 31.2 Å². The van der Waals surface area contributed by atoms with Gasteiger partial charge >= 0.3 is 0 Å². The highest BCUT2D eigenvalue weighted by atomic mass is 16.5. The van der Waals surface area contributed by atoms with Crippen LogP contribution < -0.4 is 4.74 Å². The van der Waals surface area contributed by atoms with Crippen molar-refractivity contribution in [2.24, 2.45) is 0 Å². The molecule has 0 bridgehead atoms. The summed E-state index contributed by atoms with van der Waals surface area (Å²) in [5.41, 5.74) is 0.749. The van der Waals surface area contributed by atoms with E-state index in [4.69, 9.17) is 4.74 Å². The molecule has 0 N–H and O–H groups in total. The Morgan fingerprint density at radius 1 is 1.23 bits per heavy atom. The Balaban J connectivity index is 1.68. The van der Waals surface area contributed by atoms with E-state index >= 15 is 0 Å². The number of carbonyl (C=O) groups is 1. The van der Waals surface area contributed by atoms with Gasteiger partial charge in [-0.1, -0.05) is 6.07 Å². The van der Waals surface area contributed by atoms with E-state index in [0.717, 1.165) is 37.2 Å². The molecule has 2 aliphatic heterocycles. The molecule has 2 fully saturated rings. The summed E-state index contributed by atoms with van der Waals surface area (Å²) in [6.45, 7) is 6.89. The molecular formula is C18H26N2O2. The number of amides is 1. The Labute approximate surface area is 133 Å². The minimum absolute atomic E-state index is 0.156. The lowest BCUT2D eigenvalue weighted by molar-refractivity contribution is 0.0708. The second kappa shape index (κ2) is 7.14. The molecule has 0 aromatic heterocycles. The minimum Gasteiger partial charge on any atom is -0.494 e. The number of ether oxygens (including phenoxy) is 1. The van der Waals surface area contributed by atoms with Gasteiger partial charge in [0, 0.05) is 24.7 Å². The summed E-state index contributed by atoms with van der Waals surface area (Å²) in [5, 5.41) is 0. The molecule has 1 atom stereocenters. The molecule has 4 heteroatoms. The highest BCUT2D eigenvalue weighted by Gasteiger charge is 2.31. The van der Waals surface area contributed by atoms with Crippen molar-refractivity contribution in [1.82, 2.24) is 9.80 Å². The average molecular weight is 302 g/mol. The number of hydrogen-bond acceptors (Lipinski definition) is 3. The summed E-state index contributed by atoms with van der Waals surface area (Å²) in [4.78, 5) is 17.4. The van der Waals surface area contributed by atoms with Crippen molar-refractivity contribution in [1.29, 1.82) is 0 Å². The maximum absolute atomic E-state index is 12.8. The Kier molecular flexibility index (Phi) is 4.98.